The van der Waals surface area contributed by atoms with Crippen LogP contribution >= 0.6 is 15.2 Å². The first-order valence-corrected chi connectivity index (χ1v) is 32.9. The molecule has 2 heterocycles. The molecule has 0 radical (unpaired) electrons. The minimum absolute atomic E-state index is 0.0320. The van der Waals surface area contributed by atoms with Crippen LogP contribution in [0.5, 0.6) is 0 Å². The van der Waals surface area contributed by atoms with Crippen molar-refractivity contribution in [2.24, 2.45) is 0 Å². The number of nitrogens with zero attached hydrogens (tertiary/aromatic N) is 4. The maximum absolute atomic E-state index is 12.3. The molecule has 7 N–H and O–H groups in total. The topological polar surface area (TPSA) is 272 Å². The van der Waals surface area contributed by atoms with E-state index in [0.29, 0.717) is 39.1 Å². The Kier molecular flexibility index (Phi) is 45.5. The summed E-state index contributed by atoms with van der Waals surface area (Å²) in [6, 6.07) is 2.97. The molecule has 0 amide bonds. The van der Waals surface area contributed by atoms with E-state index in [0.717, 1.165) is 19.4 Å². The maximum Gasteiger partial charge on any atom is 0.353 e. The smallest absolute Gasteiger partial charge is 0.353 e. The van der Waals surface area contributed by atoms with E-state index in [2.05, 4.69) is 23.8 Å². The van der Waals surface area contributed by atoms with Crippen LogP contribution in [0.2, 0.25) is 0 Å². The molecule has 0 aliphatic heterocycles. The number of hydrogen-bond acceptors (Lipinski definition) is 15. The van der Waals surface area contributed by atoms with Gasteiger partial charge < -0.3 is 54.4 Å². The Morgan fingerprint density at radius 2 is 0.776 bits per heavy atom. The summed E-state index contributed by atoms with van der Waals surface area (Å²) in [7, 11) is -7.87. The summed E-state index contributed by atoms with van der Waals surface area (Å²) in [6.45, 7) is 8.72. The van der Waals surface area contributed by atoms with Gasteiger partial charge in [-0.3, -0.25) is 18.3 Å². The molecule has 19 nitrogen and oxygen atoms in total. The van der Waals surface area contributed by atoms with Crippen molar-refractivity contribution in [2.45, 2.75) is 245 Å². The standard InChI is InChI=1S/C28H54N3O6P.C27H52N3O7P/c1-3-5-6-7-8-9-10-11-12-13-14-15-16-17-21-35-22-18-23-37-38(33,34)25-36-26(4-2)24-31-20-19-27(29)30-28(31)32;1-2-3-4-5-6-7-8-9-10-11-12-13-14-15-19-35-20-16-21-37-38(33,34)24-36-25(23-31)22-30-18-17-26(28)29-27(30)32/h19-20,26H,3-18,21-25H2,1-2H3,(H,33,34)(H2,29,30,32);17-18,25,31H,2-16,19-24H2,1H3,(H,33,34)(H2,28,29,32)/t26-;25-/m10/s1. The number of aliphatic hydroxyl groups is 1. The van der Waals surface area contributed by atoms with Crippen molar-refractivity contribution in [3.05, 3.63) is 45.5 Å². The molecule has 0 aliphatic carbocycles. The van der Waals surface area contributed by atoms with Crippen LogP contribution in [0.3, 0.4) is 0 Å². The molecule has 4 atom stereocenters. The van der Waals surface area contributed by atoms with Gasteiger partial charge in [-0.1, -0.05) is 188 Å². The highest BCUT2D eigenvalue weighted by Gasteiger charge is 2.24. The minimum Gasteiger partial charge on any atom is -0.394 e. The van der Waals surface area contributed by atoms with E-state index in [1.165, 1.54) is 201 Å². The van der Waals surface area contributed by atoms with Gasteiger partial charge in [0.25, 0.3) is 0 Å². The van der Waals surface area contributed by atoms with Crippen molar-refractivity contribution in [1.29, 1.82) is 0 Å². The minimum atomic E-state index is -3.99. The second-order valence-corrected chi connectivity index (χ2v) is 23.6. The molecule has 0 aliphatic rings. The number of aromatic nitrogens is 4. The molecular weight excluding hydrogens is 1010 g/mol. The summed E-state index contributed by atoms with van der Waals surface area (Å²) in [6.07, 6.45) is 39.4. The van der Waals surface area contributed by atoms with Crippen molar-refractivity contribution >= 4 is 26.8 Å². The van der Waals surface area contributed by atoms with Crippen molar-refractivity contribution < 1.29 is 52.0 Å². The van der Waals surface area contributed by atoms with Gasteiger partial charge in [0.1, 0.15) is 24.3 Å². The van der Waals surface area contributed by atoms with E-state index in [9.17, 15) is 33.6 Å². The molecule has 2 aromatic heterocycles. The number of aliphatic hydroxyl groups excluding tert-OH is 1. The number of rotatable bonds is 52. The Morgan fingerprint density at radius 1 is 0.474 bits per heavy atom. The number of unbranched alkanes of at least 4 members (excludes halogenated alkanes) is 26. The summed E-state index contributed by atoms with van der Waals surface area (Å²) < 4.78 is 59.3. The second-order valence-electron chi connectivity index (χ2n) is 20.1. The van der Waals surface area contributed by atoms with E-state index in [-0.39, 0.29) is 37.9 Å². The Morgan fingerprint density at radius 3 is 1.09 bits per heavy atom. The van der Waals surface area contributed by atoms with E-state index in [1.54, 1.807) is 0 Å². The Labute approximate surface area is 457 Å². The first-order valence-electron chi connectivity index (χ1n) is 29.3. The Hall–Kier alpha value is -2.54. The number of ether oxygens (including phenoxy) is 4. The third-order valence-corrected chi connectivity index (χ3v) is 15.1. The Balaban J connectivity index is 0.000000760. The van der Waals surface area contributed by atoms with Crippen LogP contribution in [0.1, 0.15) is 220 Å². The number of anilines is 2. The van der Waals surface area contributed by atoms with Crippen LogP contribution in [-0.4, -0.2) is 105 Å². The zero-order valence-electron chi connectivity index (χ0n) is 47.4. The SMILES string of the molecule is CCCCCCCCCCCCCCCCOCCCOP(=O)(O)CO[C@H](CC)Cn1ccc(N)nc1=O.CCCCCCCCCCCCCCCCOCCCOP(=O)(O)CO[C@H](CO)Cn1ccc(N)nc1=O. The predicted octanol–water partition coefficient (Wildman–Crippen LogP) is 11.9. The monoisotopic (exact) mass is 1120 g/mol. The average Bonchev–Trinajstić information content (AvgIpc) is 3.39. The number of nitrogen functional groups attached to an aromatic ring is 2. The molecule has 21 heteroatoms. The van der Waals surface area contributed by atoms with Crippen LogP contribution < -0.4 is 22.8 Å². The zero-order valence-corrected chi connectivity index (χ0v) is 49.2. The number of hydrogen-bond donors (Lipinski definition) is 5. The molecule has 0 spiro atoms. The van der Waals surface area contributed by atoms with Gasteiger partial charge in [-0.2, -0.15) is 9.97 Å². The second kappa shape index (κ2) is 48.4. The van der Waals surface area contributed by atoms with Crippen LogP contribution in [0.4, 0.5) is 11.6 Å². The van der Waals surface area contributed by atoms with Crippen molar-refractivity contribution in [3.63, 3.8) is 0 Å². The lowest BCUT2D eigenvalue weighted by Crippen LogP contribution is -2.32. The molecule has 2 aromatic rings. The van der Waals surface area contributed by atoms with Crippen LogP contribution in [0.15, 0.2) is 34.1 Å². The van der Waals surface area contributed by atoms with Crippen molar-refractivity contribution in [1.82, 2.24) is 19.1 Å². The van der Waals surface area contributed by atoms with E-state index < -0.39 is 58.1 Å². The van der Waals surface area contributed by atoms with Gasteiger partial charge in [0, 0.05) is 38.8 Å². The van der Waals surface area contributed by atoms with E-state index in [4.69, 9.17) is 39.5 Å². The highest BCUT2D eigenvalue weighted by molar-refractivity contribution is 7.52. The highest BCUT2D eigenvalue weighted by atomic mass is 31.2. The lowest BCUT2D eigenvalue weighted by atomic mass is 10.0. The van der Waals surface area contributed by atoms with Gasteiger partial charge in [0.2, 0.25) is 0 Å². The van der Waals surface area contributed by atoms with Crippen molar-refractivity contribution in [2.75, 3.05) is 70.4 Å². The lowest BCUT2D eigenvalue weighted by Gasteiger charge is -2.19. The van der Waals surface area contributed by atoms with Gasteiger partial charge in [-0.05, 0) is 44.2 Å². The normalized spacial score (nSPS) is 14.0. The summed E-state index contributed by atoms with van der Waals surface area (Å²) in [5.74, 6) is 0.238. The molecule has 0 aromatic carbocycles. The summed E-state index contributed by atoms with van der Waals surface area (Å²) in [5.41, 5.74) is 9.87. The summed E-state index contributed by atoms with van der Waals surface area (Å²) in [4.78, 5) is 50.9. The predicted molar refractivity (Wildman–Crippen MR) is 306 cm³/mol. The van der Waals surface area contributed by atoms with Gasteiger partial charge in [0.15, 0.2) is 0 Å². The molecule has 0 fully saturated rings. The molecule has 0 bridgehead atoms. The number of nitrogens with two attached hydrogens (primary N) is 2. The van der Waals surface area contributed by atoms with E-state index >= 15 is 0 Å². The molecular formula is C55H106N6O13P2. The van der Waals surface area contributed by atoms with Crippen LogP contribution in [0, 0.1) is 0 Å². The highest BCUT2D eigenvalue weighted by Crippen LogP contribution is 2.43. The van der Waals surface area contributed by atoms with Gasteiger partial charge in [-0.25, -0.2) is 9.59 Å². The summed E-state index contributed by atoms with van der Waals surface area (Å²) in [5, 5.41) is 9.46. The Bertz CT molecular complexity index is 1750. The third-order valence-electron chi connectivity index (χ3n) is 12.9. The fourth-order valence-electron chi connectivity index (χ4n) is 8.28. The molecule has 2 rings (SSSR count). The van der Waals surface area contributed by atoms with Crippen LogP contribution in [-0.2, 0) is 50.2 Å². The molecule has 76 heavy (non-hydrogen) atoms. The zero-order chi connectivity index (χ0) is 55.8. The van der Waals surface area contributed by atoms with Gasteiger partial charge in [-0.15, -0.1) is 0 Å². The first kappa shape index (κ1) is 71.5. The van der Waals surface area contributed by atoms with E-state index in [1.807, 2.05) is 6.92 Å². The molecule has 0 saturated carbocycles. The lowest BCUT2D eigenvalue weighted by molar-refractivity contribution is 0.0162. The quantitative estimate of drug-likeness (QED) is 0.0304. The maximum atomic E-state index is 12.3. The molecule has 444 valence electrons. The van der Waals surface area contributed by atoms with Gasteiger partial charge >= 0.3 is 26.6 Å². The average molecular weight is 1120 g/mol. The van der Waals surface area contributed by atoms with Crippen LogP contribution in [0.25, 0.3) is 0 Å². The molecule has 0 saturated heterocycles. The largest absolute Gasteiger partial charge is 0.394 e. The fraction of sp³-hybridized carbons (Fsp3) is 0.855. The fourth-order valence-corrected chi connectivity index (χ4v) is 10.1. The van der Waals surface area contributed by atoms with Crippen molar-refractivity contribution in [3.8, 4) is 0 Å². The first-order chi connectivity index (χ1) is 36.8. The summed E-state index contributed by atoms with van der Waals surface area (Å²) >= 11 is 0. The van der Waals surface area contributed by atoms with Gasteiger partial charge in [0.05, 0.1) is 45.1 Å². The third kappa shape index (κ3) is 42.4. The molecule has 2 unspecified atom stereocenters.